The van der Waals surface area contributed by atoms with Crippen LogP contribution in [-0.4, -0.2) is 35.4 Å². The zero-order valence-electron chi connectivity index (χ0n) is 18.7. The molecule has 1 fully saturated rings. The second-order valence-corrected chi connectivity index (χ2v) is 9.12. The highest BCUT2D eigenvalue weighted by Gasteiger charge is 2.47. The zero-order valence-corrected chi connectivity index (χ0v) is 18.7. The van der Waals surface area contributed by atoms with Gasteiger partial charge in [0.1, 0.15) is 17.5 Å². The van der Waals surface area contributed by atoms with Crippen LogP contribution in [0.5, 0.6) is 0 Å². The van der Waals surface area contributed by atoms with Gasteiger partial charge in [-0.3, -0.25) is 19.8 Å². The van der Waals surface area contributed by atoms with E-state index in [9.17, 15) is 28.1 Å². The SMILES string of the molecule is O=C(c1ccc(F)cc1F)N1CC2(CCN(Cc3ccccc3[N+](=O)[O-])CC2)c2cc(F)ccc21. The Morgan fingerprint density at radius 1 is 0.971 bits per heavy atom. The molecule has 0 atom stereocenters. The van der Waals surface area contributed by atoms with Crippen LogP contribution < -0.4 is 4.90 Å². The summed E-state index contributed by atoms with van der Waals surface area (Å²) in [5.41, 5.74) is 1.13. The van der Waals surface area contributed by atoms with Crippen molar-refractivity contribution in [1.82, 2.24) is 4.90 Å². The van der Waals surface area contributed by atoms with E-state index in [0.717, 1.165) is 12.1 Å². The standard InChI is InChI=1S/C26H22F3N3O3/c27-18-6-8-24-21(13-18)26(16-31(24)25(33)20-7-5-19(28)14-22(20)29)9-11-30(12-10-26)15-17-3-1-2-4-23(17)32(34)35/h1-8,13-14H,9-12,15-16H2. The number of benzene rings is 3. The van der Waals surface area contributed by atoms with E-state index >= 15 is 0 Å². The van der Waals surface area contributed by atoms with E-state index < -0.39 is 33.7 Å². The number of amides is 1. The fourth-order valence-electron chi connectivity index (χ4n) is 5.26. The number of carbonyl (C=O) groups excluding carboxylic acids is 1. The van der Waals surface area contributed by atoms with Gasteiger partial charge in [0.05, 0.1) is 10.5 Å². The van der Waals surface area contributed by atoms with Crippen LogP contribution in [0.15, 0.2) is 60.7 Å². The molecule has 0 aromatic heterocycles. The Bertz CT molecular complexity index is 1320. The summed E-state index contributed by atoms with van der Waals surface area (Å²) in [5, 5.41) is 11.4. The van der Waals surface area contributed by atoms with Gasteiger partial charge in [-0.2, -0.15) is 0 Å². The van der Waals surface area contributed by atoms with Crippen molar-refractivity contribution in [2.75, 3.05) is 24.5 Å². The lowest BCUT2D eigenvalue weighted by Crippen LogP contribution is -2.46. The molecule has 35 heavy (non-hydrogen) atoms. The van der Waals surface area contributed by atoms with Crippen LogP contribution in [0.2, 0.25) is 0 Å². The number of carbonyl (C=O) groups is 1. The van der Waals surface area contributed by atoms with Gasteiger partial charge >= 0.3 is 0 Å². The van der Waals surface area contributed by atoms with Gasteiger partial charge in [0.15, 0.2) is 0 Å². The number of anilines is 1. The first-order valence-corrected chi connectivity index (χ1v) is 11.3. The maximum Gasteiger partial charge on any atom is 0.273 e. The monoisotopic (exact) mass is 481 g/mol. The van der Waals surface area contributed by atoms with Crippen LogP contribution in [0.25, 0.3) is 0 Å². The number of hydrogen-bond donors (Lipinski definition) is 0. The number of nitro benzene ring substituents is 1. The van der Waals surface area contributed by atoms with Crippen LogP contribution in [0.4, 0.5) is 24.5 Å². The summed E-state index contributed by atoms with van der Waals surface area (Å²) in [7, 11) is 0. The van der Waals surface area contributed by atoms with Crippen molar-refractivity contribution < 1.29 is 22.9 Å². The van der Waals surface area contributed by atoms with E-state index in [1.165, 1.54) is 29.2 Å². The van der Waals surface area contributed by atoms with Gasteiger partial charge in [-0.25, -0.2) is 13.2 Å². The summed E-state index contributed by atoms with van der Waals surface area (Å²) < 4.78 is 42.0. The Labute approximate surface area is 199 Å². The van der Waals surface area contributed by atoms with Gasteiger partial charge in [-0.05, 0) is 61.8 Å². The van der Waals surface area contributed by atoms with E-state index in [1.807, 2.05) is 0 Å². The van der Waals surface area contributed by atoms with Crippen molar-refractivity contribution >= 4 is 17.3 Å². The molecular formula is C26H22F3N3O3. The first-order valence-electron chi connectivity index (χ1n) is 11.3. The van der Waals surface area contributed by atoms with E-state index in [2.05, 4.69) is 4.90 Å². The van der Waals surface area contributed by atoms with Crippen molar-refractivity contribution in [2.45, 2.75) is 24.8 Å². The van der Waals surface area contributed by atoms with Crippen molar-refractivity contribution in [1.29, 1.82) is 0 Å². The number of hydrogen-bond acceptors (Lipinski definition) is 4. The van der Waals surface area contributed by atoms with E-state index in [-0.39, 0.29) is 17.8 Å². The smallest absolute Gasteiger partial charge is 0.273 e. The molecule has 0 bridgehead atoms. The molecule has 2 aliphatic rings. The van der Waals surface area contributed by atoms with Crippen LogP contribution >= 0.6 is 0 Å². The van der Waals surface area contributed by atoms with Gasteiger partial charge in [0.25, 0.3) is 11.6 Å². The molecule has 1 amide bonds. The molecule has 1 spiro atoms. The molecule has 3 aromatic rings. The number of piperidine rings is 1. The highest BCUT2D eigenvalue weighted by molar-refractivity contribution is 6.08. The molecule has 2 heterocycles. The number of fused-ring (bicyclic) bond motifs is 2. The number of nitrogens with zero attached hydrogens (tertiary/aromatic N) is 3. The maximum atomic E-state index is 14.4. The molecule has 1 saturated heterocycles. The predicted molar refractivity (Wildman–Crippen MR) is 124 cm³/mol. The Hall–Kier alpha value is -3.72. The number of para-hydroxylation sites is 1. The lowest BCUT2D eigenvalue weighted by molar-refractivity contribution is -0.385. The lowest BCUT2D eigenvalue weighted by Gasteiger charge is -2.39. The summed E-state index contributed by atoms with van der Waals surface area (Å²) in [4.78, 5) is 27.8. The number of nitro groups is 1. The van der Waals surface area contributed by atoms with Gasteiger partial charge in [-0.1, -0.05) is 18.2 Å². The molecular weight excluding hydrogens is 459 g/mol. The minimum Gasteiger partial charge on any atom is -0.307 e. The first-order chi connectivity index (χ1) is 16.8. The largest absolute Gasteiger partial charge is 0.307 e. The number of likely N-dealkylation sites (tertiary alicyclic amines) is 1. The molecule has 0 N–H and O–H groups in total. The van der Waals surface area contributed by atoms with E-state index in [4.69, 9.17) is 0 Å². The summed E-state index contributed by atoms with van der Waals surface area (Å²) >= 11 is 0. The Morgan fingerprint density at radius 3 is 2.37 bits per heavy atom. The van der Waals surface area contributed by atoms with Crippen LogP contribution in [0, 0.1) is 27.6 Å². The average molecular weight is 481 g/mol. The fourth-order valence-corrected chi connectivity index (χ4v) is 5.26. The van der Waals surface area contributed by atoms with Crippen molar-refractivity contribution in [2.24, 2.45) is 0 Å². The van der Waals surface area contributed by atoms with Crippen LogP contribution in [0.1, 0.15) is 34.3 Å². The molecule has 0 unspecified atom stereocenters. The van der Waals surface area contributed by atoms with Gasteiger partial charge < -0.3 is 4.90 Å². The van der Waals surface area contributed by atoms with Crippen molar-refractivity contribution in [3.8, 4) is 0 Å². The molecule has 5 rings (SSSR count). The molecule has 9 heteroatoms. The second kappa shape index (κ2) is 8.81. The van der Waals surface area contributed by atoms with Gasteiger partial charge in [-0.15, -0.1) is 0 Å². The zero-order chi connectivity index (χ0) is 24.7. The van der Waals surface area contributed by atoms with Gasteiger partial charge in [0, 0.05) is 41.9 Å². The summed E-state index contributed by atoms with van der Waals surface area (Å²) in [5.74, 6) is -2.74. The average Bonchev–Trinajstić information content (AvgIpc) is 3.14. The predicted octanol–water partition coefficient (Wildman–Crippen LogP) is 5.21. The minimum absolute atomic E-state index is 0.0687. The van der Waals surface area contributed by atoms with Crippen molar-refractivity contribution in [3.63, 3.8) is 0 Å². The molecule has 0 aliphatic carbocycles. The molecule has 3 aromatic carbocycles. The third-order valence-electron chi connectivity index (χ3n) is 7.08. The molecule has 2 aliphatic heterocycles. The molecule has 180 valence electrons. The van der Waals surface area contributed by atoms with Crippen LogP contribution in [-0.2, 0) is 12.0 Å². The second-order valence-electron chi connectivity index (χ2n) is 9.12. The van der Waals surface area contributed by atoms with Gasteiger partial charge in [0.2, 0.25) is 0 Å². The maximum absolute atomic E-state index is 14.4. The Morgan fingerprint density at radius 2 is 1.66 bits per heavy atom. The minimum atomic E-state index is -0.945. The van der Waals surface area contributed by atoms with E-state index in [0.29, 0.717) is 55.4 Å². The van der Waals surface area contributed by atoms with Crippen molar-refractivity contribution in [3.05, 3.63) is 105 Å². The molecule has 0 radical (unpaired) electrons. The molecule has 6 nitrogen and oxygen atoms in total. The fraction of sp³-hybridized carbons (Fsp3) is 0.269. The quantitative estimate of drug-likeness (QED) is 0.379. The summed E-state index contributed by atoms with van der Waals surface area (Å²) in [6.07, 6.45) is 1.19. The van der Waals surface area contributed by atoms with Crippen LogP contribution in [0.3, 0.4) is 0 Å². The normalized spacial score (nSPS) is 16.9. The number of rotatable bonds is 4. The molecule has 0 saturated carbocycles. The third kappa shape index (κ3) is 4.16. The van der Waals surface area contributed by atoms with E-state index in [1.54, 1.807) is 18.2 Å². The third-order valence-corrected chi connectivity index (χ3v) is 7.08. The lowest BCUT2D eigenvalue weighted by atomic mass is 9.74. The summed E-state index contributed by atoms with van der Waals surface area (Å²) in [6.45, 7) is 1.84. The topological polar surface area (TPSA) is 66.7 Å². The summed E-state index contributed by atoms with van der Waals surface area (Å²) in [6, 6.07) is 13.7. The highest BCUT2D eigenvalue weighted by atomic mass is 19.1. The Balaban J connectivity index is 1.40. The highest BCUT2D eigenvalue weighted by Crippen LogP contribution is 2.48. The Kier molecular flexibility index (Phi) is 5.80. The number of halogens is 3. The first kappa shape index (κ1) is 23.0.